The lowest BCUT2D eigenvalue weighted by Gasteiger charge is -2.56. The molecule has 6 rings (SSSR count). The van der Waals surface area contributed by atoms with Crippen molar-refractivity contribution in [2.45, 2.75) is 202 Å². The Morgan fingerprint density at radius 1 is 0.486 bits per heavy atom. The van der Waals surface area contributed by atoms with E-state index in [1.165, 1.54) is 7.11 Å². The van der Waals surface area contributed by atoms with Crippen LogP contribution >= 0.6 is 0 Å². The van der Waals surface area contributed by atoms with Crippen LogP contribution < -0.4 is 42.5 Å². The molecule has 6 fully saturated rings. The molecule has 0 aromatic rings. The Labute approximate surface area is 433 Å². The highest BCUT2D eigenvalue weighted by molar-refractivity contribution is 5.75. The van der Waals surface area contributed by atoms with E-state index < -0.39 is 160 Å². The maximum atomic E-state index is 13.5. The van der Waals surface area contributed by atoms with Crippen molar-refractivity contribution < 1.29 is 87.7 Å². The van der Waals surface area contributed by atoms with Crippen LogP contribution in [0.4, 0.5) is 19.2 Å². The average molecular weight is 1060 g/mol. The lowest BCUT2D eigenvalue weighted by Crippen LogP contribution is -2.73. The Hall–Kier alpha value is -3.48. The summed E-state index contributed by atoms with van der Waals surface area (Å²) in [6.07, 6.45) is -9.46. The molecule has 74 heavy (non-hydrogen) atoms. The molecular formula is C48H86N8O18. The molecule has 4 bridgehead atoms. The molecular weight excluding hydrogens is 977 g/mol. The van der Waals surface area contributed by atoms with Crippen molar-refractivity contribution >= 4 is 24.1 Å². The molecule has 0 aromatic heterocycles. The minimum atomic E-state index is -1.42. The van der Waals surface area contributed by atoms with Crippen LogP contribution in [0.1, 0.15) is 86.0 Å². The van der Waals surface area contributed by atoms with E-state index in [0.717, 1.165) is 0 Å². The molecule has 21 atom stereocenters. The minimum Gasteiger partial charge on any atom is -0.394 e. The second-order valence-electron chi connectivity index (χ2n) is 20.7. The van der Waals surface area contributed by atoms with Crippen molar-refractivity contribution in [1.82, 2.24) is 42.5 Å². The first-order valence-electron chi connectivity index (χ1n) is 26.6. The van der Waals surface area contributed by atoms with Crippen molar-refractivity contribution in [3.63, 3.8) is 0 Å². The largest absolute Gasteiger partial charge is 0.394 e. The predicted octanol–water partition coefficient (Wildman–Crippen LogP) is -2.03. The van der Waals surface area contributed by atoms with E-state index in [2.05, 4.69) is 42.5 Å². The maximum absolute atomic E-state index is 13.5. The van der Waals surface area contributed by atoms with Gasteiger partial charge in [0.25, 0.3) is 0 Å². The average Bonchev–Trinajstić information content (AvgIpc) is 3.36. The van der Waals surface area contributed by atoms with E-state index in [1.54, 1.807) is 13.8 Å². The number of aliphatic hydroxyl groups is 6. The Morgan fingerprint density at radius 2 is 0.905 bits per heavy atom. The minimum absolute atomic E-state index is 0.217. The smallest absolute Gasteiger partial charge is 0.315 e. The third-order valence-electron chi connectivity index (χ3n) is 15.2. The van der Waals surface area contributed by atoms with Gasteiger partial charge in [-0.25, -0.2) is 19.2 Å². The summed E-state index contributed by atoms with van der Waals surface area (Å²) < 4.78 is 49.5. The molecule has 6 saturated heterocycles. The van der Waals surface area contributed by atoms with Crippen molar-refractivity contribution in [2.75, 3.05) is 59.7 Å². The van der Waals surface area contributed by atoms with Crippen molar-refractivity contribution in [3.8, 4) is 0 Å². The molecule has 0 radical (unpaired) electrons. The second kappa shape index (κ2) is 28.8. The lowest BCUT2D eigenvalue weighted by molar-refractivity contribution is -0.351. The van der Waals surface area contributed by atoms with Crippen LogP contribution in [0.25, 0.3) is 0 Å². The van der Waals surface area contributed by atoms with E-state index in [1.807, 2.05) is 20.8 Å². The maximum Gasteiger partial charge on any atom is 0.315 e. The standard InChI is InChI=1S/C48H86N8O18/c1-23(2)38-33-37(62)41(30(22-60)70-38)74-43-34(39(67-6)24(3)27(19-57)71-43)55-47(65)51-17-13-9-10-14-18-52-48(66)56-35-42-31(25(4)69-42)28(20-58)72-44(35)73-40-29(21-59)68-26(5)32(36(40)61)53-45(63)49-15-11-7-8-12-16-50-46(64)54-33/h23-44,57-62H,7-22H2,1-6H3,(H2,49,53,63)(H2,50,54,64)(H2,51,55,65)(H2,52,56,66). The zero-order valence-corrected chi connectivity index (χ0v) is 43.6. The second-order valence-corrected chi connectivity index (χ2v) is 20.7. The zero-order chi connectivity index (χ0) is 53.6. The summed E-state index contributed by atoms with van der Waals surface area (Å²) in [6, 6.07) is -6.08. The predicted molar refractivity (Wildman–Crippen MR) is 261 cm³/mol. The number of ether oxygens (including phenoxy) is 8. The fourth-order valence-electron chi connectivity index (χ4n) is 11.1. The van der Waals surface area contributed by atoms with Crippen molar-refractivity contribution in [3.05, 3.63) is 0 Å². The number of aliphatic hydroxyl groups excluding tert-OH is 6. The van der Waals surface area contributed by atoms with Crippen LogP contribution in [0.2, 0.25) is 0 Å². The van der Waals surface area contributed by atoms with Gasteiger partial charge in [0.2, 0.25) is 0 Å². The van der Waals surface area contributed by atoms with E-state index in [0.29, 0.717) is 77.5 Å². The molecule has 8 amide bonds. The number of amides is 8. The zero-order valence-electron chi connectivity index (χ0n) is 43.6. The topological polar surface area (TPSA) is 360 Å². The SMILES string of the molecule is COC1C(C)C(CO)OC2OC3C(CO)OC(C(C)C)C(NC(=O)NCCCCCCNC(=O)NC4C(C)OC(CO)C(OC5OC(CO)C6C(C)OC6C5NC(=O)NCCCCCCNC(=O)NC21)C4O)C3O. The van der Waals surface area contributed by atoms with Crippen LogP contribution in [0.15, 0.2) is 0 Å². The monoisotopic (exact) mass is 1060 g/mol. The van der Waals surface area contributed by atoms with Gasteiger partial charge in [0, 0.05) is 45.1 Å². The summed E-state index contributed by atoms with van der Waals surface area (Å²) in [4.78, 5) is 53.4. The van der Waals surface area contributed by atoms with Gasteiger partial charge in [-0.3, -0.25) is 0 Å². The fourth-order valence-corrected chi connectivity index (χ4v) is 11.1. The van der Waals surface area contributed by atoms with E-state index >= 15 is 0 Å². The summed E-state index contributed by atoms with van der Waals surface area (Å²) in [7, 11) is 1.46. The third-order valence-corrected chi connectivity index (χ3v) is 15.2. The number of carbonyl (C=O) groups excluding carboxylic acids is 4. The molecule has 6 aliphatic rings. The molecule has 6 heterocycles. The first-order valence-corrected chi connectivity index (χ1v) is 26.6. The number of carbonyl (C=O) groups is 4. The van der Waals surface area contributed by atoms with Gasteiger partial charge in [0.1, 0.15) is 48.7 Å². The molecule has 21 unspecified atom stereocenters. The molecule has 26 nitrogen and oxygen atoms in total. The van der Waals surface area contributed by atoms with E-state index in [9.17, 15) is 49.8 Å². The first-order chi connectivity index (χ1) is 35.5. The molecule has 0 spiro atoms. The Bertz CT molecular complexity index is 1770. The van der Waals surface area contributed by atoms with Gasteiger partial charge in [-0.15, -0.1) is 0 Å². The van der Waals surface area contributed by atoms with E-state index in [-0.39, 0.29) is 24.5 Å². The highest BCUT2D eigenvalue weighted by Gasteiger charge is 2.58. The number of nitrogens with one attached hydrogen (secondary N) is 8. The van der Waals surface area contributed by atoms with Gasteiger partial charge >= 0.3 is 24.1 Å². The molecule has 6 aliphatic heterocycles. The van der Waals surface area contributed by atoms with E-state index in [4.69, 9.17) is 37.9 Å². The molecule has 14 N–H and O–H groups in total. The Kier molecular flexibility index (Phi) is 23.2. The number of methoxy groups -OCH3 is 1. The van der Waals surface area contributed by atoms with Crippen LogP contribution in [0.3, 0.4) is 0 Å². The fraction of sp³-hybridized carbons (Fsp3) is 0.917. The van der Waals surface area contributed by atoms with Crippen LogP contribution in [-0.2, 0) is 37.9 Å². The number of hydrogen-bond donors (Lipinski definition) is 14. The summed E-state index contributed by atoms with van der Waals surface area (Å²) in [5.41, 5.74) is 0. The van der Waals surface area contributed by atoms with Crippen LogP contribution in [-0.4, -0.2) is 231 Å². The quantitative estimate of drug-likeness (QED) is 0.136. The van der Waals surface area contributed by atoms with Crippen molar-refractivity contribution in [2.24, 2.45) is 17.8 Å². The normalized spacial score (nSPS) is 42.3. The Morgan fingerprint density at radius 3 is 1.36 bits per heavy atom. The number of urea groups is 4. The van der Waals surface area contributed by atoms with Gasteiger partial charge in [-0.05, 0) is 45.4 Å². The molecule has 26 heteroatoms. The third kappa shape index (κ3) is 15.0. The summed E-state index contributed by atoms with van der Waals surface area (Å²) >= 11 is 0. The van der Waals surface area contributed by atoms with Gasteiger partial charge in [0.15, 0.2) is 12.6 Å². The number of hydrogen-bond acceptors (Lipinski definition) is 18. The van der Waals surface area contributed by atoms with Crippen LogP contribution in [0, 0.1) is 17.8 Å². The first kappa shape index (κ1) is 59.8. The lowest BCUT2D eigenvalue weighted by atomic mass is 9.79. The molecule has 0 aliphatic carbocycles. The highest BCUT2D eigenvalue weighted by Crippen LogP contribution is 2.42. The summed E-state index contributed by atoms with van der Waals surface area (Å²) in [5, 5.41) is 87.8. The van der Waals surface area contributed by atoms with Gasteiger partial charge in [-0.1, -0.05) is 46.5 Å². The summed E-state index contributed by atoms with van der Waals surface area (Å²) in [6.45, 7) is 8.31. The number of fused-ring (bicyclic) bond motifs is 8. The van der Waals surface area contributed by atoms with Crippen LogP contribution in [0.5, 0.6) is 0 Å². The molecule has 426 valence electrons. The van der Waals surface area contributed by atoms with Gasteiger partial charge < -0.3 is 111 Å². The highest BCUT2D eigenvalue weighted by atomic mass is 16.7. The summed E-state index contributed by atoms with van der Waals surface area (Å²) in [5.74, 6) is -0.920. The molecule has 0 aromatic carbocycles. The van der Waals surface area contributed by atoms with Gasteiger partial charge in [0.05, 0.1) is 81.2 Å². The van der Waals surface area contributed by atoms with Crippen molar-refractivity contribution in [1.29, 1.82) is 0 Å². The Balaban J connectivity index is 1.14. The number of rotatable bonds is 6. The molecule has 0 saturated carbocycles. The van der Waals surface area contributed by atoms with Gasteiger partial charge in [-0.2, -0.15) is 0 Å².